The third-order valence-corrected chi connectivity index (χ3v) is 3.56. The molecule has 0 amide bonds. The summed E-state index contributed by atoms with van der Waals surface area (Å²) >= 11 is 0. The van der Waals surface area contributed by atoms with Gasteiger partial charge in [0.25, 0.3) is 0 Å². The van der Waals surface area contributed by atoms with Crippen molar-refractivity contribution in [2.75, 3.05) is 0 Å². The van der Waals surface area contributed by atoms with Gasteiger partial charge in [0, 0.05) is 12.8 Å². The van der Waals surface area contributed by atoms with Crippen molar-refractivity contribution >= 4 is 5.78 Å². The molecule has 0 aromatic heterocycles. The van der Waals surface area contributed by atoms with Gasteiger partial charge in [-0.2, -0.15) is 0 Å². The van der Waals surface area contributed by atoms with Gasteiger partial charge in [0.15, 0.2) is 0 Å². The van der Waals surface area contributed by atoms with Crippen LogP contribution in [-0.2, 0) is 11.2 Å². The van der Waals surface area contributed by atoms with Gasteiger partial charge in [-0.1, -0.05) is 29.8 Å². The number of aryl methyl sites for hydroxylation is 2. The zero-order valence-corrected chi connectivity index (χ0v) is 10.9. The van der Waals surface area contributed by atoms with Gasteiger partial charge in [0.1, 0.15) is 5.78 Å². The highest BCUT2D eigenvalue weighted by Crippen LogP contribution is 2.24. The maximum atomic E-state index is 11.6. The van der Waals surface area contributed by atoms with Gasteiger partial charge in [0.05, 0.1) is 0 Å². The smallest absolute Gasteiger partial charge is 0.137 e. The van der Waals surface area contributed by atoms with E-state index < -0.39 is 0 Å². The molecule has 0 aliphatic heterocycles. The minimum Gasteiger partial charge on any atom is -0.299 e. The Hall–Kier alpha value is -1.37. The minimum absolute atomic E-state index is 0.388. The number of rotatable bonds is 2. The monoisotopic (exact) mass is 228 g/mol. The lowest BCUT2D eigenvalue weighted by Gasteiger charge is -2.19. The highest BCUT2D eigenvalue weighted by molar-refractivity contribution is 5.82. The van der Waals surface area contributed by atoms with Gasteiger partial charge in [-0.15, -0.1) is 0 Å². The molecule has 1 heteroatoms. The summed E-state index contributed by atoms with van der Waals surface area (Å²) in [7, 11) is 0. The lowest BCUT2D eigenvalue weighted by atomic mass is 9.85. The molecule has 1 atom stereocenters. The van der Waals surface area contributed by atoms with Crippen molar-refractivity contribution in [3.63, 3.8) is 0 Å². The predicted molar refractivity (Wildman–Crippen MR) is 71.1 cm³/mol. The van der Waals surface area contributed by atoms with E-state index >= 15 is 0 Å². The Balaban J connectivity index is 2.13. The molecule has 0 heterocycles. The summed E-state index contributed by atoms with van der Waals surface area (Å²) in [5, 5.41) is 0. The van der Waals surface area contributed by atoms with Crippen LogP contribution in [0, 0.1) is 19.8 Å². The van der Waals surface area contributed by atoms with Crippen molar-refractivity contribution in [3.8, 4) is 0 Å². The van der Waals surface area contributed by atoms with Gasteiger partial charge < -0.3 is 0 Å². The fourth-order valence-electron chi connectivity index (χ4n) is 2.56. The molecule has 1 aliphatic rings. The molecule has 1 nitrogen and oxygen atoms in total. The molecule has 0 fully saturated rings. The Bertz CT molecular complexity index is 468. The lowest BCUT2D eigenvalue weighted by Crippen LogP contribution is -2.15. The molecule has 17 heavy (non-hydrogen) atoms. The largest absolute Gasteiger partial charge is 0.299 e. The Labute approximate surface area is 104 Å². The molecular weight excluding hydrogens is 208 g/mol. The van der Waals surface area contributed by atoms with Crippen molar-refractivity contribution in [2.24, 2.45) is 5.92 Å². The summed E-state index contributed by atoms with van der Waals surface area (Å²) in [6.07, 6.45) is 4.63. The van der Waals surface area contributed by atoms with Crippen molar-refractivity contribution < 1.29 is 4.79 Å². The van der Waals surface area contributed by atoms with Crippen LogP contribution in [0.4, 0.5) is 0 Å². The predicted octanol–water partition coefficient (Wildman–Crippen LogP) is 3.77. The maximum Gasteiger partial charge on any atom is 0.137 e. The second-order valence-corrected chi connectivity index (χ2v) is 5.32. The van der Waals surface area contributed by atoms with Crippen LogP contribution in [0.3, 0.4) is 0 Å². The van der Waals surface area contributed by atoms with Gasteiger partial charge >= 0.3 is 0 Å². The van der Waals surface area contributed by atoms with Gasteiger partial charge in [0.2, 0.25) is 0 Å². The first-order valence-corrected chi connectivity index (χ1v) is 6.29. The van der Waals surface area contributed by atoms with E-state index in [4.69, 9.17) is 0 Å². The first-order valence-electron chi connectivity index (χ1n) is 6.29. The number of carbonyl (C=O) groups excluding carboxylic acids is 1. The van der Waals surface area contributed by atoms with Crippen molar-refractivity contribution in [2.45, 2.75) is 40.0 Å². The van der Waals surface area contributed by atoms with Crippen LogP contribution in [0.25, 0.3) is 0 Å². The van der Waals surface area contributed by atoms with Gasteiger partial charge in [-0.25, -0.2) is 0 Å². The van der Waals surface area contributed by atoms with Gasteiger partial charge in [-0.3, -0.25) is 4.79 Å². The quantitative estimate of drug-likeness (QED) is 0.704. The van der Waals surface area contributed by atoms with Crippen LogP contribution in [0.1, 0.15) is 36.5 Å². The number of hydrogen-bond donors (Lipinski definition) is 0. The Morgan fingerprint density at radius 3 is 2.59 bits per heavy atom. The molecular formula is C16H20O. The Kier molecular flexibility index (Phi) is 3.46. The highest BCUT2D eigenvalue weighted by Gasteiger charge is 2.18. The topological polar surface area (TPSA) is 17.1 Å². The van der Waals surface area contributed by atoms with E-state index in [1.807, 2.05) is 0 Å². The molecule has 0 N–H and O–H groups in total. The van der Waals surface area contributed by atoms with E-state index in [1.54, 1.807) is 0 Å². The standard InChI is InChI=1S/C16H20O/c1-11-6-15(10-16(17)7-11)9-14-5-4-12(2)13(3)8-14/h4-6,8,15H,7,9-10H2,1-3H3. The fraction of sp³-hybridized carbons (Fsp3) is 0.438. The summed E-state index contributed by atoms with van der Waals surface area (Å²) in [6.45, 7) is 6.34. The zero-order valence-electron chi connectivity index (χ0n) is 10.9. The molecule has 0 saturated heterocycles. The minimum atomic E-state index is 0.388. The Morgan fingerprint density at radius 1 is 1.18 bits per heavy atom. The van der Waals surface area contributed by atoms with E-state index in [0.29, 0.717) is 24.5 Å². The van der Waals surface area contributed by atoms with Gasteiger partial charge in [-0.05, 0) is 49.8 Å². The van der Waals surface area contributed by atoms with Crippen LogP contribution in [0.15, 0.2) is 29.8 Å². The molecule has 1 aliphatic carbocycles. The molecule has 1 unspecified atom stereocenters. The molecule has 0 bridgehead atoms. The molecule has 90 valence electrons. The molecule has 1 aromatic rings. The van der Waals surface area contributed by atoms with E-state index in [2.05, 4.69) is 45.0 Å². The fourth-order valence-corrected chi connectivity index (χ4v) is 2.56. The van der Waals surface area contributed by atoms with Crippen LogP contribution >= 0.6 is 0 Å². The number of benzene rings is 1. The van der Waals surface area contributed by atoms with Crippen molar-refractivity contribution in [1.29, 1.82) is 0 Å². The third-order valence-electron chi connectivity index (χ3n) is 3.56. The molecule has 0 spiro atoms. The molecule has 2 rings (SSSR count). The highest BCUT2D eigenvalue weighted by atomic mass is 16.1. The maximum absolute atomic E-state index is 11.6. The van der Waals surface area contributed by atoms with E-state index in [0.717, 1.165) is 6.42 Å². The van der Waals surface area contributed by atoms with Crippen LogP contribution in [0.2, 0.25) is 0 Å². The van der Waals surface area contributed by atoms with Crippen LogP contribution in [-0.4, -0.2) is 5.78 Å². The summed E-state index contributed by atoms with van der Waals surface area (Å²) in [4.78, 5) is 11.6. The second kappa shape index (κ2) is 4.87. The first kappa shape index (κ1) is 12.1. The molecule has 0 radical (unpaired) electrons. The summed E-state index contributed by atoms with van der Waals surface area (Å²) < 4.78 is 0. The average molecular weight is 228 g/mol. The van der Waals surface area contributed by atoms with Crippen molar-refractivity contribution in [3.05, 3.63) is 46.5 Å². The lowest BCUT2D eigenvalue weighted by molar-refractivity contribution is -0.119. The number of allylic oxidation sites excluding steroid dienone is 2. The summed E-state index contributed by atoms with van der Waals surface area (Å²) in [6, 6.07) is 6.61. The second-order valence-electron chi connectivity index (χ2n) is 5.32. The molecule has 1 aromatic carbocycles. The number of hydrogen-bond acceptors (Lipinski definition) is 1. The average Bonchev–Trinajstić information content (AvgIpc) is 2.22. The number of Topliss-reactive ketones (excluding diaryl/α,β-unsaturated/α-hetero) is 1. The Morgan fingerprint density at radius 2 is 1.94 bits per heavy atom. The number of carbonyl (C=O) groups is 1. The summed E-state index contributed by atoms with van der Waals surface area (Å²) in [5.74, 6) is 0.789. The van der Waals surface area contributed by atoms with E-state index in [1.165, 1.54) is 22.3 Å². The van der Waals surface area contributed by atoms with E-state index in [-0.39, 0.29) is 0 Å². The van der Waals surface area contributed by atoms with E-state index in [9.17, 15) is 4.79 Å². The van der Waals surface area contributed by atoms with Crippen LogP contribution in [0.5, 0.6) is 0 Å². The first-order chi connectivity index (χ1) is 8.04. The third kappa shape index (κ3) is 3.06. The van der Waals surface area contributed by atoms with Crippen LogP contribution < -0.4 is 0 Å². The normalized spacial score (nSPS) is 20.3. The zero-order chi connectivity index (χ0) is 12.4. The van der Waals surface area contributed by atoms with Crippen molar-refractivity contribution in [1.82, 2.24) is 0 Å². The SMILES string of the molecule is CC1=CC(Cc2ccc(C)c(C)c2)CC(=O)C1. The molecule has 0 saturated carbocycles. The summed E-state index contributed by atoms with van der Waals surface area (Å²) in [5.41, 5.74) is 5.25. The number of ketones is 1.